The second-order valence-electron chi connectivity index (χ2n) is 4.96. The zero-order chi connectivity index (χ0) is 17.0. The van der Waals surface area contributed by atoms with Gasteiger partial charge < -0.3 is 26.4 Å². The van der Waals surface area contributed by atoms with Crippen LogP contribution in [0, 0.1) is 0 Å². The van der Waals surface area contributed by atoms with Crippen LogP contribution in [0.1, 0.15) is 15.9 Å². The summed E-state index contributed by atoms with van der Waals surface area (Å²) in [5.41, 5.74) is 12.2. The number of carboxylic acids is 1. The maximum atomic E-state index is 12.0. The summed E-state index contributed by atoms with van der Waals surface area (Å²) in [4.78, 5) is 23.2. The van der Waals surface area contributed by atoms with E-state index in [2.05, 4.69) is 0 Å². The maximum absolute atomic E-state index is 12.0. The van der Waals surface area contributed by atoms with Gasteiger partial charge in [0.05, 0.1) is 0 Å². The first-order valence-corrected chi connectivity index (χ1v) is 6.75. The lowest BCUT2D eigenvalue weighted by Crippen LogP contribution is -2.36. The Bertz CT molecular complexity index is 728. The molecule has 0 aliphatic carbocycles. The zero-order valence-electron chi connectivity index (χ0n) is 12.1. The predicted octanol–water partition coefficient (Wildman–Crippen LogP) is 1.15. The number of esters is 1. The first kappa shape index (κ1) is 16.3. The summed E-state index contributed by atoms with van der Waals surface area (Å²) in [7, 11) is 0. The number of hydrogen-bond acceptors (Lipinski definition) is 6. The van der Waals surface area contributed by atoms with Crippen molar-refractivity contribution >= 4 is 17.6 Å². The first-order chi connectivity index (χ1) is 10.9. The Kier molecular flexibility index (Phi) is 4.82. The van der Waals surface area contributed by atoms with Gasteiger partial charge in [0.25, 0.3) is 0 Å². The Morgan fingerprint density at radius 2 is 1.78 bits per heavy atom. The molecule has 2 rings (SSSR count). The van der Waals surface area contributed by atoms with E-state index in [-0.39, 0.29) is 29.2 Å². The highest BCUT2D eigenvalue weighted by molar-refractivity contribution is 5.93. The quantitative estimate of drug-likeness (QED) is 0.369. The van der Waals surface area contributed by atoms with E-state index in [0.717, 1.165) is 5.56 Å². The van der Waals surface area contributed by atoms with Gasteiger partial charge >= 0.3 is 11.9 Å². The Balaban J connectivity index is 2.10. The van der Waals surface area contributed by atoms with Gasteiger partial charge in [-0.1, -0.05) is 12.1 Å². The van der Waals surface area contributed by atoms with Crippen LogP contribution in [-0.2, 0) is 11.2 Å². The fourth-order valence-corrected chi connectivity index (χ4v) is 1.95. The van der Waals surface area contributed by atoms with Crippen LogP contribution in [0.25, 0.3) is 0 Å². The smallest absolute Gasteiger partial charge is 0.339 e. The van der Waals surface area contributed by atoms with Crippen LogP contribution >= 0.6 is 0 Å². The molecule has 23 heavy (non-hydrogen) atoms. The van der Waals surface area contributed by atoms with E-state index in [4.69, 9.17) is 21.3 Å². The molecule has 0 amide bonds. The Labute approximate surface area is 132 Å². The third kappa shape index (κ3) is 4.21. The van der Waals surface area contributed by atoms with E-state index < -0.39 is 18.0 Å². The molecule has 0 fully saturated rings. The molecule has 1 unspecified atom stereocenters. The average molecular weight is 316 g/mol. The zero-order valence-corrected chi connectivity index (χ0v) is 12.1. The van der Waals surface area contributed by atoms with Gasteiger partial charge in [0.1, 0.15) is 23.1 Å². The van der Waals surface area contributed by atoms with Crippen molar-refractivity contribution in [3.63, 3.8) is 0 Å². The molecule has 1 atom stereocenters. The largest absolute Gasteiger partial charge is 0.508 e. The van der Waals surface area contributed by atoms with E-state index >= 15 is 0 Å². The lowest BCUT2D eigenvalue weighted by molar-refractivity contribution is -0.135. The van der Waals surface area contributed by atoms with Crippen molar-refractivity contribution in [3.05, 3.63) is 53.6 Å². The minimum absolute atomic E-state index is 0.107. The molecule has 7 nitrogen and oxygen atoms in total. The number of carbonyl (C=O) groups is 2. The molecule has 0 heterocycles. The molecule has 0 saturated heterocycles. The van der Waals surface area contributed by atoms with Gasteiger partial charge in [-0.15, -0.1) is 0 Å². The number of carboxylic acid groups (broad SMARTS) is 1. The van der Waals surface area contributed by atoms with Crippen molar-refractivity contribution in [1.29, 1.82) is 0 Å². The van der Waals surface area contributed by atoms with Crippen LogP contribution in [0.3, 0.4) is 0 Å². The maximum Gasteiger partial charge on any atom is 0.339 e. The van der Waals surface area contributed by atoms with Crippen LogP contribution in [0.15, 0.2) is 42.5 Å². The second-order valence-corrected chi connectivity index (χ2v) is 4.96. The molecule has 7 heteroatoms. The molecule has 0 aliphatic heterocycles. The van der Waals surface area contributed by atoms with E-state index in [1.54, 1.807) is 12.1 Å². The van der Waals surface area contributed by atoms with Gasteiger partial charge in [-0.05, 0) is 36.2 Å². The number of hydrogen-bond donors (Lipinski definition) is 4. The van der Waals surface area contributed by atoms with E-state index in [1.807, 2.05) is 0 Å². The summed E-state index contributed by atoms with van der Waals surface area (Å²) < 4.78 is 5.07. The lowest BCUT2D eigenvalue weighted by Gasteiger charge is -2.13. The Morgan fingerprint density at radius 3 is 2.39 bits per heavy atom. The van der Waals surface area contributed by atoms with E-state index in [9.17, 15) is 14.7 Å². The number of benzene rings is 2. The number of carbonyl (C=O) groups excluding carboxylic acids is 1. The molecule has 0 bridgehead atoms. The van der Waals surface area contributed by atoms with Crippen LogP contribution < -0.4 is 16.2 Å². The van der Waals surface area contributed by atoms with Gasteiger partial charge in [0, 0.05) is 11.8 Å². The number of anilines is 1. The van der Waals surface area contributed by atoms with Gasteiger partial charge in [0.15, 0.2) is 0 Å². The van der Waals surface area contributed by atoms with Crippen LogP contribution in [0.4, 0.5) is 5.69 Å². The van der Waals surface area contributed by atoms with Crippen LogP contribution in [-0.4, -0.2) is 28.2 Å². The number of ether oxygens (including phenoxy) is 1. The molecule has 0 aromatic heterocycles. The molecule has 0 spiro atoms. The highest BCUT2D eigenvalue weighted by Gasteiger charge is 2.20. The minimum Gasteiger partial charge on any atom is -0.508 e. The summed E-state index contributed by atoms with van der Waals surface area (Å²) in [5, 5.41) is 18.3. The van der Waals surface area contributed by atoms with Gasteiger partial charge in [-0.3, -0.25) is 0 Å². The molecule has 0 radical (unpaired) electrons. The highest BCUT2D eigenvalue weighted by atomic mass is 16.5. The number of phenols is 1. The van der Waals surface area contributed by atoms with Crippen molar-refractivity contribution in [2.24, 2.45) is 5.73 Å². The predicted molar refractivity (Wildman–Crippen MR) is 83.2 cm³/mol. The fourth-order valence-electron chi connectivity index (χ4n) is 1.95. The third-order valence-corrected chi connectivity index (χ3v) is 3.14. The lowest BCUT2D eigenvalue weighted by atomic mass is 10.1. The topological polar surface area (TPSA) is 136 Å². The minimum atomic E-state index is -1.24. The average Bonchev–Trinajstić information content (AvgIpc) is 2.49. The number of nitrogens with two attached hydrogens (primary N) is 2. The number of aromatic hydroxyl groups is 1. The first-order valence-electron chi connectivity index (χ1n) is 6.75. The molecule has 6 N–H and O–H groups in total. The number of rotatable bonds is 5. The Hall–Kier alpha value is -3.06. The molecular weight excluding hydrogens is 300 g/mol. The SMILES string of the molecule is Nc1ccc(C(=O)O)c(OC(=O)C(N)Cc2ccc(O)cc2)c1. The van der Waals surface area contributed by atoms with Crippen molar-refractivity contribution in [1.82, 2.24) is 0 Å². The summed E-state index contributed by atoms with van der Waals surface area (Å²) in [6.07, 6.45) is 0.184. The van der Waals surface area contributed by atoms with Crippen molar-refractivity contribution < 1.29 is 24.5 Å². The van der Waals surface area contributed by atoms with Gasteiger partial charge in [-0.25, -0.2) is 9.59 Å². The summed E-state index contributed by atoms with van der Waals surface area (Å²) in [6, 6.07) is 9.15. The number of nitrogen functional groups attached to an aromatic ring is 1. The van der Waals surface area contributed by atoms with E-state index in [1.165, 1.54) is 30.3 Å². The standard InChI is InChI=1S/C16H16N2O5/c17-10-3-6-12(15(20)21)14(8-10)23-16(22)13(18)7-9-1-4-11(19)5-2-9/h1-6,8,13,19H,7,17-18H2,(H,20,21). The number of phenolic OH excluding ortho intramolecular Hbond substituents is 1. The highest BCUT2D eigenvalue weighted by Crippen LogP contribution is 2.22. The molecular formula is C16H16N2O5. The second kappa shape index (κ2) is 6.80. The molecule has 120 valence electrons. The van der Waals surface area contributed by atoms with Crippen LogP contribution in [0.2, 0.25) is 0 Å². The normalized spacial score (nSPS) is 11.7. The van der Waals surface area contributed by atoms with Crippen molar-refractivity contribution in [2.45, 2.75) is 12.5 Å². The molecule has 2 aromatic carbocycles. The summed E-state index contributed by atoms with van der Waals surface area (Å²) in [6.45, 7) is 0. The summed E-state index contributed by atoms with van der Waals surface area (Å²) in [5.74, 6) is -2.05. The van der Waals surface area contributed by atoms with Gasteiger partial charge in [-0.2, -0.15) is 0 Å². The summed E-state index contributed by atoms with van der Waals surface area (Å²) >= 11 is 0. The van der Waals surface area contributed by atoms with Gasteiger partial charge in [0.2, 0.25) is 0 Å². The fraction of sp³-hybridized carbons (Fsp3) is 0.125. The third-order valence-electron chi connectivity index (χ3n) is 3.14. The monoisotopic (exact) mass is 316 g/mol. The van der Waals surface area contributed by atoms with Crippen molar-refractivity contribution in [3.8, 4) is 11.5 Å². The van der Waals surface area contributed by atoms with Crippen molar-refractivity contribution in [2.75, 3.05) is 5.73 Å². The molecule has 2 aromatic rings. The van der Waals surface area contributed by atoms with E-state index in [0.29, 0.717) is 0 Å². The Morgan fingerprint density at radius 1 is 1.13 bits per heavy atom. The number of aromatic carboxylic acids is 1. The molecule has 0 aliphatic rings. The van der Waals surface area contributed by atoms with Crippen LogP contribution in [0.5, 0.6) is 11.5 Å². The molecule has 0 saturated carbocycles.